The fraction of sp³-hybridized carbons (Fsp3) is 0. The van der Waals surface area contributed by atoms with Crippen LogP contribution in [0.2, 0.25) is 0 Å². The summed E-state index contributed by atoms with van der Waals surface area (Å²) in [5.41, 5.74) is 0.135. The van der Waals surface area contributed by atoms with Gasteiger partial charge in [0.1, 0.15) is 28.5 Å². The summed E-state index contributed by atoms with van der Waals surface area (Å²) in [5, 5.41) is 5.42. The number of carbonyl (C=O) groups is 1. The normalized spacial score (nSPS) is 11.7. The standard InChI is InChI=1S/C19H11F2N3O2S/c20-12-5-6-14(21)15(10-12)23-18-13(17(25)24-19-22-7-8-27-19)9-11-3-1-2-4-16(11)26-18/h1-10H,(H,22,24,25). The van der Waals surface area contributed by atoms with E-state index in [4.69, 9.17) is 4.42 Å². The molecule has 4 aromatic rings. The maximum Gasteiger partial charge on any atom is 0.262 e. The Labute approximate surface area is 155 Å². The monoisotopic (exact) mass is 383 g/mol. The van der Waals surface area contributed by atoms with Gasteiger partial charge in [-0.05, 0) is 24.3 Å². The number of hydrogen-bond acceptors (Lipinski definition) is 5. The fourth-order valence-corrected chi connectivity index (χ4v) is 2.97. The van der Waals surface area contributed by atoms with Crippen LogP contribution >= 0.6 is 11.3 Å². The number of thiazole rings is 1. The summed E-state index contributed by atoms with van der Waals surface area (Å²) in [7, 11) is 0. The van der Waals surface area contributed by atoms with Gasteiger partial charge in [0.05, 0.1) is 0 Å². The summed E-state index contributed by atoms with van der Waals surface area (Å²) in [6.07, 6.45) is 1.55. The van der Waals surface area contributed by atoms with Crippen LogP contribution in [0.15, 0.2) is 69.5 Å². The van der Waals surface area contributed by atoms with E-state index in [1.165, 1.54) is 11.3 Å². The van der Waals surface area contributed by atoms with Gasteiger partial charge in [-0.25, -0.2) is 18.8 Å². The molecule has 2 aromatic heterocycles. The van der Waals surface area contributed by atoms with Gasteiger partial charge in [-0.3, -0.25) is 10.1 Å². The minimum absolute atomic E-state index is 0.0764. The second-order valence-electron chi connectivity index (χ2n) is 5.50. The van der Waals surface area contributed by atoms with E-state index in [9.17, 15) is 13.6 Å². The lowest BCUT2D eigenvalue weighted by Gasteiger charge is -2.05. The van der Waals surface area contributed by atoms with Crippen molar-refractivity contribution in [1.29, 1.82) is 0 Å². The zero-order valence-electron chi connectivity index (χ0n) is 13.6. The molecule has 4 rings (SSSR count). The smallest absolute Gasteiger partial charge is 0.262 e. The van der Waals surface area contributed by atoms with Gasteiger partial charge >= 0.3 is 0 Å². The predicted molar refractivity (Wildman–Crippen MR) is 97.9 cm³/mol. The quantitative estimate of drug-likeness (QED) is 0.560. The van der Waals surface area contributed by atoms with Crippen molar-refractivity contribution in [2.75, 3.05) is 5.32 Å². The predicted octanol–water partition coefficient (Wildman–Crippen LogP) is 4.65. The molecule has 0 atom stereocenters. The lowest BCUT2D eigenvalue weighted by molar-refractivity contribution is 0.102. The summed E-state index contributed by atoms with van der Waals surface area (Å²) >= 11 is 1.25. The van der Waals surface area contributed by atoms with E-state index in [-0.39, 0.29) is 16.8 Å². The number of rotatable bonds is 3. The van der Waals surface area contributed by atoms with Gasteiger partial charge in [0.2, 0.25) is 5.55 Å². The highest BCUT2D eigenvalue weighted by Gasteiger charge is 2.15. The first kappa shape index (κ1) is 17.0. The molecule has 5 nitrogen and oxygen atoms in total. The molecule has 0 radical (unpaired) electrons. The number of aromatic nitrogens is 1. The second kappa shape index (κ2) is 7.08. The van der Waals surface area contributed by atoms with E-state index in [0.29, 0.717) is 16.1 Å². The Bertz CT molecular complexity index is 1200. The number of anilines is 1. The Morgan fingerprint density at radius 1 is 1.15 bits per heavy atom. The Kier molecular flexibility index (Phi) is 4.47. The van der Waals surface area contributed by atoms with Gasteiger partial charge in [-0.2, -0.15) is 0 Å². The molecule has 27 heavy (non-hydrogen) atoms. The first-order valence-electron chi connectivity index (χ1n) is 7.84. The van der Waals surface area contributed by atoms with E-state index >= 15 is 0 Å². The summed E-state index contributed by atoms with van der Waals surface area (Å²) in [6.45, 7) is 0. The average molecular weight is 383 g/mol. The third-order valence-electron chi connectivity index (χ3n) is 3.68. The molecule has 0 bridgehead atoms. The van der Waals surface area contributed by atoms with Gasteiger partial charge in [0, 0.05) is 23.0 Å². The van der Waals surface area contributed by atoms with Crippen LogP contribution in [-0.2, 0) is 0 Å². The molecular weight excluding hydrogens is 372 g/mol. The SMILES string of the molecule is O=C(Nc1nccs1)c1cc2ccccc2oc1=Nc1cc(F)ccc1F. The molecule has 0 saturated heterocycles. The van der Waals surface area contributed by atoms with E-state index in [1.807, 2.05) is 0 Å². The van der Waals surface area contributed by atoms with Crippen LogP contribution in [0.1, 0.15) is 10.4 Å². The highest BCUT2D eigenvalue weighted by molar-refractivity contribution is 7.13. The van der Waals surface area contributed by atoms with Crippen LogP contribution in [-0.4, -0.2) is 10.9 Å². The van der Waals surface area contributed by atoms with E-state index < -0.39 is 17.5 Å². The zero-order valence-corrected chi connectivity index (χ0v) is 14.5. The molecule has 1 amide bonds. The molecule has 0 saturated carbocycles. The van der Waals surface area contributed by atoms with Crippen molar-refractivity contribution in [1.82, 2.24) is 4.98 Å². The number of amides is 1. The zero-order chi connectivity index (χ0) is 18.8. The van der Waals surface area contributed by atoms with Crippen LogP contribution in [0.4, 0.5) is 19.6 Å². The summed E-state index contributed by atoms with van der Waals surface area (Å²) in [4.78, 5) is 20.7. The van der Waals surface area contributed by atoms with Crippen molar-refractivity contribution < 1.29 is 18.0 Å². The van der Waals surface area contributed by atoms with Gasteiger partial charge in [0.15, 0.2) is 5.13 Å². The number of para-hydroxylation sites is 1. The average Bonchev–Trinajstić information content (AvgIpc) is 3.17. The van der Waals surface area contributed by atoms with Crippen molar-refractivity contribution in [2.45, 2.75) is 0 Å². The number of nitrogens with zero attached hydrogens (tertiary/aromatic N) is 2. The van der Waals surface area contributed by atoms with Crippen LogP contribution in [0.3, 0.4) is 0 Å². The van der Waals surface area contributed by atoms with Crippen LogP contribution in [0.5, 0.6) is 0 Å². The maximum atomic E-state index is 14.0. The number of carbonyl (C=O) groups excluding carboxylic acids is 1. The van der Waals surface area contributed by atoms with E-state index in [0.717, 1.165) is 18.2 Å². The number of hydrogen-bond donors (Lipinski definition) is 1. The first-order valence-corrected chi connectivity index (χ1v) is 8.71. The van der Waals surface area contributed by atoms with Crippen LogP contribution in [0, 0.1) is 11.6 Å². The number of halogens is 2. The minimum atomic E-state index is -0.731. The highest BCUT2D eigenvalue weighted by Crippen LogP contribution is 2.20. The topological polar surface area (TPSA) is 67.5 Å². The van der Waals surface area contributed by atoms with E-state index in [2.05, 4.69) is 15.3 Å². The first-order chi connectivity index (χ1) is 13.1. The molecule has 1 N–H and O–H groups in total. The number of nitrogens with one attached hydrogen (secondary N) is 1. The van der Waals surface area contributed by atoms with Gasteiger partial charge < -0.3 is 4.42 Å². The molecule has 2 heterocycles. The lowest BCUT2D eigenvalue weighted by Crippen LogP contribution is -2.21. The van der Waals surface area contributed by atoms with Crippen LogP contribution < -0.4 is 10.9 Å². The molecule has 0 aliphatic carbocycles. The fourth-order valence-electron chi connectivity index (χ4n) is 2.45. The minimum Gasteiger partial charge on any atom is -0.438 e. The molecule has 8 heteroatoms. The van der Waals surface area contributed by atoms with Crippen molar-refractivity contribution in [3.05, 3.63) is 82.9 Å². The Morgan fingerprint density at radius 2 is 2.00 bits per heavy atom. The second-order valence-corrected chi connectivity index (χ2v) is 6.40. The maximum absolute atomic E-state index is 14.0. The summed E-state index contributed by atoms with van der Waals surface area (Å²) in [5.74, 6) is -1.90. The molecule has 0 aliphatic heterocycles. The van der Waals surface area contributed by atoms with Crippen molar-refractivity contribution in [2.24, 2.45) is 4.99 Å². The summed E-state index contributed by atoms with van der Waals surface area (Å²) in [6, 6.07) is 11.5. The van der Waals surface area contributed by atoms with Gasteiger partial charge in [0.25, 0.3) is 5.91 Å². The third kappa shape index (κ3) is 3.61. The number of benzene rings is 2. The summed E-state index contributed by atoms with van der Waals surface area (Å²) < 4.78 is 33.2. The largest absolute Gasteiger partial charge is 0.438 e. The molecule has 134 valence electrons. The Morgan fingerprint density at radius 3 is 2.81 bits per heavy atom. The Hall–Kier alpha value is -3.39. The Balaban J connectivity index is 1.90. The van der Waals surface area contributed by atoms with Crippen molar-refractivity contribution >= 4 is 39.0 Å². The lowest BCUT2D eigenvalue weighted by atomic mass is 10.1. The van der Waals surface area contributed by atoms with Gasteiger partial charge in [-0.15, -0.1) is 11.3 Å². The highest BCUT2D eigenvalue weighted by atomic mass is 32.1. The molecule has 2 aromatic carbocycles. The van der Waals surface area contributed by atoms with E-state index in [1.54, 1.807) is 41.9 Å². The van der Waals surface area contributed by atoms with Gasteiger partial charge in [-0.1, -0.05) is 18.2 Å². The van der Waals surface area contributed by atoms with Crippen molar-refractivity contribution in [3.8, 4) is 0 Å². The van der Waals surface area contributed by atoms with Crippen LogP contribution in [0.25, 0.3) is 11.0 Å². The molecular formula is C19H11F2N3O2S. The molecule has 0 spiro atoms. The molecule has 0 aliphatic rings. The third-order valence-corrected chi connectivity index (χ3v) is 4.37. The van der Waals surface area contributed by atoms with Crippen molar-refractivity contribution in [3.63, 3.8) is 0 Å². The molecule has 0 unspecified atom stereocenters. The molecule has 0 fully saturated rings. The number of fused-ring (bicyclic) bond motifs is 1.